The highest BCUT2D eigenvalue weighted by Gasteiger charge is 2.27. The van der Waals surface area contributed by atoms with E-state index >= 15 is 0 Å². The summed E-state index contributed by atoms with van der Waals surface area (Å²) in [6.45, 7) is 4.50. The molecular weight excluding hydrogens is 531 g/mol. The molecule has 1 amide bonds. The van der Waals surface area contributed by atoms with E-state index in [-0.39, 0.29) is 21.4 Å². The van der Waals surface area contributed by atoms with E-state index in [2.05, 4.69) is 11.6 Å². The van der Waals surface area contributed by atoms with Crippen molar-refractivity contribution in [2.24, 2.45) is 5.92 Å². The van der Waals surface area contributed by atoms with Crippen LogP contribution in [0.15, 0.2) is 57.2 Å². The molecule has 0 aromatic heterocycles. The first-order valence-electron chi connectivity index (χ1n) is 12.7. The molecule has 0 unspecified atom stereocenters. The first-order chi connectivity index (χ1) is 17.6. The number of benzene rings is 2. The van der Waals surface area contributed by atoms with Gasteiger partial charge in [0.05, 0.1) is 15.4 Å². The van der Waals surface area contributed by atoms with Crippen molar-refractivity contribution in [2.75, 3.05) is 37.2 Å². The van der Waals surface area contributed by atoms with Gasteiger partial charge in [0.2, 0.25) is 10.0 Å². The van der Waals surface area contributed by atoms with Crippen LogP contribution in [-0.4, -0.2) is 64.4 Å². The fraction of sp³-hybridized carbons (Fsp3) is 0.500. The second-order valence-electron chi connectivity index (χ2n) is 9.78. The van der Waals surface area contributed by atoms with Crippen LogP contribution < -0.4 is 4.72 Å². The number of amides is 1. The van der Waals surface area contributed by atoms with Crippen molar-refractivity contribution in [3.05, 3.63) is 48.0 Å². The first-order valence-corrected chi connectivity index (χ1v) is 16.9. The average Bonchev–Trinajstić information content (AvgIpc) is 3.19. The molecule has 2 saturated heterocycles. The van der Waals surface area contributed by atoms with Crippen molar-refractivity contribution < 1.29 is 21.6 Å². The SMILES string of the molecule is CSc1ccc(S(=O)(=O)Nc2ccc(S(=O)(=O)N3CCCCCC3)cc2)cc1C(=O)N1CCC(C)CC1. The summed E-state index contributed by atoms with van der Waals surface area (Å²) in [5, 5.41) is 0. The van der Waals surface area contributed by atoms with Crippen molar-refractivity contribution in [2.45, 2.75) is 60.1 Å². The predicted molar refractivity (Wildman–Crippen MR) is 147 cm³/mol. The minimum absolute atomic E-state index is 0.0136. The van der Waals surface area contributed by atoms with Crippen LogP contribution in [0.5, 0.6) is 0 Å². The number of likely N-dealkylation sites (tertiary alicyclic amines) is 1. The number of hydrogen-bond donors (Lipinski definition) is 1. The lowest BCUT2D eigenvalue weighted by atomic mass is 9.98. The lowest BCUT2D eigenvalue weighted by Gasteiger charge is -2.30. The molecule has 2 aromatic carbocycles. The molecule has 2 aliphatic heterocycles. The van der Waals surface area contributed by atoms with Crippen LogP contribution in [0.4, 0.5) is 5.69 Å². The molecule has 0 saturated carbocycles. The van der Waals surface area contributed by atoms with Gasteiger partial charge in [-0.1, -0.05) is 19.8 Å². The van der Waals surface area contributed by atoms with Crippen molar-refractivity contribution in [1.29, 1.82) is 0 Å². The molecule has 2 heterocycles. The number of thioether (sulfide) groups is 1. The Bertz CT molecular complexity index is 1310. The monoisotopic (exact) mass is 565 g/mol. The molecule has 8 nitrogen and oxygen atoms in total. The Labute approximate surface area is 224 Å². The molecule has 4 rings (SSSR count). The topological polar surface area (TPSA) is 104 Å². The minimum Gasteiger partial charge on any atom is -0.339 e. The number of piperidine rings is 1. The van der Waals surface area contributed by atoms with Gasteiger partial charge in [0.1, 0.15) is 0 Å². The zero-order valence-electron chi connectivity index (χ0n) is 21.4. The molecule has 0 spiro atoms. The number of anilines is 1. The molecule has 0 bridgehead atoms. The maximum Gasteiger partial charge on any atom is 0.261 e. The second-order valence-corrected chi connectivity index (χ2v) is 14.3. The number of rotatable bonds is 7. The van der Waals surface area contributed by atoms with E-state index in [4.69, 9.17) is 0 Å². The Morgan fingerprint density at radius 2 is 1.46 bits per heavy atom. The summed E-state index contributed by atoms with van der Waals surface area (Å²) in [5.74, 6) is 0.419. The van der Waals surface area contributed by atoms with Crippen LogP contribution in [-0.2, 0) is 20.0 Å². The van der Waals surface area contributed by atoms with Gasteiger partial charge in [0.25, 0.3) is 15.9 Å². The normalized spacial score (nSPS) is 18.4. The largest absolute Gasteiger partial charge is 0.339 e. The van der Waals surface area contributed by atoms with Gasteiger partial charge < -0.3 is 4.90 Å². The van der Waals surface area contributed by atoms with Crippen molar-refractivity contribution >= 4 is 43.4 Å². The average molecular weight is 566 g/mol. The third-order valence-electron chi connectivity index (χ3n) is 7.09. The molecule has 0 radical (unpaired) electrons. The van der Waals surface area contributed by atoms with Crippen molar-refractivity contribution in [1.82, 2.24) is 9.21 Å². The van der Waals surface area contributed by atoms with E-state index in [1.165, 1.54) is 52.5 Å². The zero-order valence-corrected chi connectivity index (χ0v) is 23.8. The highest BCUT2D eigenvalue weighted by Crippen LogP contribution is 2.28. The van der Waals surface area contributed by atoms with Gasteiger partial charge in [-0.15, -0.1) is 11.8 Å². The molecular formula is C26H35N3O5S3. The number of carbonyl (C=O) groups excluding carboxylic acids is 1. The molecule has 0 aliphatic carbocycles. The summed E-state index contributed by atoms with van der Waals surface area (Å²) in [5.41, 5.74) is 0.630. The maximum atomic E-state index is 13.2. The molecule has 2 aliphatic rings. The van der Waals surface area contributed by atoms with E-state index in [9.17, 15) is 21.6 Å². The van der Waals surface area contributed by atoms with Gasteiger partial charge in [0, 0.05) is 36.8 Å². The summed E-state index contributed by atoms with van der Waals surface area (Å²) in [7, 11) is -7.62. The van der Waals surface area contributed by atoms with Crippen LogP contribution in [0.3, 0.4) is 0 Å². The van der Waals surface area contributed by atoms with Gasteiger partial charge in [-0.3, -0.25) is 9.52 Å². The van der Waals surface area contributed by atoms with Gasteiger partial charge in [-0.2, -0.15) is 4.31 Å². The number of sulfonamides is 2. The molecule has 37 heavy (non-hydrogen) atoms. The standard InChI is InChI=1S/C26H35N3O5S3/c1-20-13-17-28(18-14-20)26(30)24-19-23(11-12-25(24)35-2)36(31,32)27-21-7-9-22(10-8-21)37(33,34)29-15-5-3-4-6-16-29/h7-12,19-20,27H,3-6,13-18H2,1-2H3. The molecule has 1 N–H and O–H groups in total. The Hall–Kier alpha value is -2.08. The number of nitrogens with one attached hydrogen (secondary N) is 1. The summed E-state index contributed by atoms with van der Waals surface area (Å²) >= 11 is 1.40. The van der Waals surface area contributed by atoms with Crippen LogP contribution in [0.2, 0.25) is 0 Å². The zero-order chi connectivity index (χ0) is 26.6. The number of nitrogens with zero attached hydrogens (tertiary/aromatic N) is 2. The van der Waals surface area contributed by atoms with E-state index in [0.29, 0.717) is 37.7 Å². The van der Waals surface area contributed by atoms with Crippen LogP contribution in [0, 0.1) is 5.92 Å². The van der Waals surface area contributed by atoms with Crippen molar-refractivity contribution in [3.8, 4) is 0 Å². The van der Waals surface area contributed by atoms with Gasteiger partial charge in [-0.25, -0.2) is 16.8 Å². The minimum atomic E-state index is -4.00. The second kappa shape index (κ2) is 11.8. The van der Waals surface area contributed by atoms with E-state index in [0.717, 1.165) is 43.4 Å². The van der Waals surface area contributed by atoms with Crippen LogP contribution in [0.25, 0.3) is 0 Å². The summed E-state index contributed by atoms with van der Waals surface area (Å²) < 4.78 is 56.5. The summed E-state index contributed by atoms with van der Waals surface area (Å²) in [6.07, 6.45) is 7.46. The number of carbonyl (C=O) groups is 1. The van der Waals surface area contributed by atoms with Gasteiger partial charge >= 0.3 is 0 Å². The maximum absolute atomic E-state index is 13.2. The van der Waals surface area contributed by atoms with Crippen molar-refractivity contribution in [3.63, 3.8) is 0 Å². The molecule has 0 atom stereocenters. The molecule has 202 valence electrons. The Balaban J connectivity index is 1.53. The van der Waals surface area contributed by atoms with E-state index in [1.54, 1.807) is 11.0 Å². The lowest BCUT2D eigenvalue weighted by Crippen LogP contribution is -2.38. The van der Waals surface area contributed by atoms with E-state index in [1.807, 2.05) is 6.26 Å². The summed E-state index contributed by atoms with van der Waals surface area (Å²) in [4.78, 5) is 15.9. The van der Waals surface area contributed by atoms with Crippen LogP contribution in [0.1, 0.15) is 55.8 Å². The molecule has 2 fully saturated rings. The third-order valence-corrected chi connectivity index (χ3v) is 11.2. The highest BCUT2D eigenvalue weighted by atomic mass is 32.2. The van der Waals surface area contributed by atoms with E-state index < -0.39 is 20.0 Å². The lowest BCUT2D eigenvalue weighted by molar-refractivity contribution is 0.0693. The Kier molecular flexibility index (Phi) is 8.88. The fourth-order valence-electron chi connectivity index (χ4n) is 4.74. The smallest absolute Gasteiger partial charge is 0.261 e. The highest BCUT2D eigenvalue weighted by molar-refractivity contribution is 7.98. The Morgan fingerprint density at radius 1 is 0.865 bits per heavy atom. The number of hydrogen-bond acceptors (Lipinski definition) is 6. The fourth-order valence-corrected chi connectivity index (χ4v) is 7.92. The molecule has 11 heteroatoms. The first kappa shape index (κ1) is 27.9. The molecule has 2 aromatic rings. The quantitative estimate of drug-likeness (QED) is 0.491. The predicted octanol–water partition coefficient (Wildman–Crippen LogP) is 4.65. The van der Waals surface area contributed by atoms with Gasteiger partial charge in [0.15, 0.2) is 0 Å². The van der Waals surface area contributed by atoms with Crippen LogP contribution >= 0.6 is 11.8 Å². The third kappa shape index (κ3) is 6.50. The Morgan fingerprint density at radius 3 is 2.05 bits per heavy atom. The summed E-state index contributed by atoms with van der Waals surface area (Å²) in [6, 6.07) is 10.4. The van der Waals surface area contributed by atoms with Gasteiger partial charge in [-0.05, 0) is 80.3 Å².